The Kier molecular flexibility index (Phi) is 8.65. The predicted molar refractivity (Wildman–Crippen MR) is 160 cm³/mol. The van der Waals surface area contributed by atoms with Crippen molar-refractivity contribution in [1.29, 1.82) is 0 Å². The van der Waals surface area contributed by atoms with Crippen LogP contribution < -0.4 is 5.32 Å². The largest absolute Gasteiger partial charge is 0.325 e. The van der Waals surface area contributed by atoms with Crippen molar-refractivity contribution >= 4 is 31.6 Å². The molecule has 1 amide bonds. The van der Waals surface area contributed by atoms with Crippen LogP contribution in [-0.4, -0.2) is 81.1 Å². The van der Waals surface area contributed by atoms with Crippen molar-refractivity contribution in [3.8, 4) is 0 Å². The fourth-order valence-electron chi connectivity index (χ4n) is 6.83. The molecule has 5 rings (SSSR count). The number of hydrogen-bond acceptors (Lipinski definition) is 6. The molecule has 1 N–H and O–H groups in total. The molecule has 3 fully saturated rings. The van der Waals surface area contributed by atoms with Gasteiger partial charge in [-0.2, -0.15) is 8.61 Å². The van der Waals surface area contributed by atoms with Crippen LogP contribution in [0.4, 0.5) is 5.69 Å². The van der Waals surface area contributed by atoms with Gasteiger partial charge in [0.05, 0.1) is 17.2 Å². The summed E-state index contributed by atoms with van der Waals surface area (Å²) in [5.74, 6) is -0.188. The van der Waals surface area contributed by atoms with Crippen LogP contribution in [0.2, 0.25) is 0 Å². The summed E-state index contributed by atoms with van der Waals surface area (Å²) in [6.45, 7) is 7.23. The quantitative estimate of drug-likeness (QED) is 0.491. The number of amides is 1. The highest BCUT2D eigenvalue weighted by Crippen LogP contribution is 2.49. The molecular formula is C30H42N4O5S2. The van der Waals surface area contributed by atoms with Crippen LogP contribution >= 0.6 is 0 Å². The first-order valence-electron chi connectivity index (χ1n) is 14.6. The van der Waals surface area contributed by atoms with Crippen molar-refractivity contribution < 1.29 is 21.6 Å². The second kappa shape index (κ2) is 11.8. The van der Waals surface area contributed by atoms with Gasteiger partial charge in [0, 0.05) is 30.9 Å². The molecule has 0 unspecified atom stereocenters. The lowest BCUT2D eigenvalue weighted by Crippen LogP contribution is -2.45. The number of anilines is 1. The normalized spacial score (nSPS) is 22.1. The Morgan fingerprint density at radius 2 is 1.56 bits per heavy atom. The summed E-state index contributed by atoms with van der Waals surface area (Å²) in [6.07, 6.45) is 5.22. The summed E-state index contributed by atoms with van der Waals surface area (Å²) in [5, 5.41) is 2.88. The molecule has 0 radical (unpaired) electrons. The lowest BCUT2D eigenvalue weighted by molar-refractivity contribution is -0.117. The number of likely N-dealkylation sites (tertiary alicyclic amines) is 1. The lowest BCUT2D eigenvalue weighted by atomic mass is 9.74. The van der Waals surface area contributed by atoms with E-state index in [9.17, 15) is 21.6 Å². The van der Waals surface area contributed by atoms with Crippen LogP contribution in [0.1, 0.15) is 57.9 Å². The fourth-order valence-corrected chi connectivity index (χ4v) is 10.5. The molecule has 3 aliphatic heterocycles. The van der Waals surface area contributed by atoms with E-state index in [2.05, 4.69) is 10.2 Å². The van der Waals surface area contributed by atoms with E-state index in [1.165, 1.54) is 10.4 Å². The highest BCUT2D eigenvalue weighted by atomic mass is 32.2. The second-order valence-electron chi connectivity index (χ2n) is 12.6. The maximum atomic E-state index is 13.4. The number of hydrogen-bond donors (Lipinski definition) is 1. The molecule has 3 aliphatic rings. The van der Waals surface area contributed by atoms with Gasteiger partial charge in [0.2, 0.25) is 26.0 Å². The Bertz CT molecular complexity index is 1450. The first-order valence-corrected chi connectivity index (χ1v) is 17.6. The van der Waals surface area contributed by atoms with Crippen molar-refractivity contribution in [3.05, 3.63) is 60.2 Å². The minimum absolute atomic E-state index is 0.000177. The summed E-state index contributed by atoms with van der Waals surface area (Å²) in [5.41, 5.74) is 0.697. The van der Waals surface area contributed by atoms with E-state index in [-0.39, 0.29) is 28.5 Å². The molecule has 0 saturated carbocycles. The highest BCUT2D eigenvalue weighted by molar-refractivity contribution is 7.89. The first-order chi connectivity index (χ1) is 19.4. The Morgan fingerprint density at radius 1 is 0.878 bits per heavy atom. The minimum atomic E-state index is -3.58. The fraction of sp³-hybridized carbons (Fsp3) is 0.567. The number of rotatable bonds is 8. The maximum absolute atomic E-state index is 13.4. The van der Waals surface area contributed by atoms with Crippen LogP contribution in [0.5, 0.6) is 0 Å². The number of piperidine rings is 2. The smallest absolute Gasteiger partial charge is 0.243 e. The van der Waals surface area contributed by atoms with Gasteiger partial charge in [-0.3, -0.25) is 9.69 Å². The topological polar surface area (TPSA) is 107 Å². The van der Waals surface area contributed by atoms with Crippen LogP contribution in [0.3, 0.4) is 0 Å². The van der Waals surface area contributed by atoms with Gasteiger partial charge in [-0.1, -0.05) is 42.8 Å². The Labute approximate surface area is 245 Å². The predicted octanol–water partition coefficient (Wildman–Crippen LogP) is 3.90. The van der Waals surface area contributed by atoms with Crippen LogP contribution in [0.25, 0.3) is 0 Å². The number of nitrogens with one attached hydrogen (secondary N) is 1. The first kappa shape index (κ1) is 30.2. The summed E-state index contributed by atoms with van der Waals surface area (Å²) < 4.78 is 56.2. The molecule has 0 bridgehead atoms. The van der Waals surface area contributed by atoms with Crippen molar-refractivity contribution in [3.63, 3.8) is 0 Å². The molecule has 0 atom stereocenters. The molecule has 11 heteroatoms. The third-order valence-electron chi connectivity index (χ3n) is 8.84. The number of benzene rings is 2. The molecule has 3 heterocycles. The average Bonchev–Trinajstić information content (AvgIpc) is 3.21. The van der Waals surface area contributed by atoms with Crippen LogP contribution in [-0.2, 0) is 30.6 Å². The van der Waals surface area contributed by atoms with Gasteiger partial charge in [-0.05, 0) is 88.2 Å². The molecule has 41 heavy (non-hydrogen) atoms. The maximum Gasteiger partial charge on any atom is 0.243 e. The van der Waals surface area contributed by atoms with Gasteiger partial charge >= 0.3 is 0 Å². The number of sulfonamides is 2. The van der Waals surface area contributed by atoms with Gasteiger partial charge in [0.25, 0.3) is 0 Å². The summed E-state index contributed by atoms with van der Waals surface area (Å²) in [7, 11) is -7.05. The van der Waals surface area contributed by atoms with Crippen molar-refractivity contribution in [2.24, 2.45) is 5.41 Å². The lowest BCUT2D eigenvalue weighted by Gasteiger charge is -2.39. The van der Waals surface area contributed by atoms with Crippen molar-refractivity contribution in [2.45, 2.75) is 68.6 Å². The van der Waals surface area contributed by atoms with E-state index in [1.807, 2.05) is 44.2 Å². The molecule has 3 saturated heterocycles. The molecule has 2 aromatic carbocycles. The molecule has 1 spiro atoms. The third-order valence-corrected chi connectivity index (χ3v) is 12.7. The SMILES string of the molecule is CC1(C)CC2(CCN(CC(=O)Nc3cccc(S(=O)(=O)N4CCCCC4)c3)CC2)CN1S(=O)(=O)Cc1ccccc1. The zero-order chi connectivity index (χ0) is 29.3. The van der Waals surface area contributed by atoms with E-state index < -0.39 is 25.6 Å². The summed E-state index contributed by atoms with van der Waals surface area (Å²) in [4.78, 5) is 15.2. The Balaban J connectivity index is 1.16. The third kappa shape index (κ3) is 6.85. The van der Waals surface area contributed by atoms with E-state index >= 15 is 0 Å². The van der Waals surface area contributed by atoms with Crippen LogP contribution in [0, 0.1) is 5.41 Å². The standard InChI is InChI=1S/C30H42N4O5S2/c1-29(2)23-30(24-34(29)40(36,37)22-25-10-5-3-6-11-25)14-18-32(19-15-30)21-28(35)31-26-12-9-13-27(20-26)41(38,39)33-16-7-4-8-17-33/h3,5-6,9-13,20H,4,7-8,14-19,21-24H2,1-2H3,(H,31,35). The van der Waals surface area contributed by atoms with E-state index in [0.29, 0.717) is 38.4 Å². The van der Waals surface area contributed by atoms with Gasteiger partial charge in [0.1, 0.15) is 0 Å². The monoisotopic (exact) mass is 602 g/mol. The van der Waals surface area contributed by atoms with Gasteiger partial charge in [-0.15, -0.1) is 0 Å². The van der Waals surface area contributed by atoms with E-state index in [4.69, 9.17) is 0 Å². The second-order valence-corrected chi connectivity index (χ2v) is 16.4. The summed E-state index contributed by atoms with van der Waals surface area (Å²) >= 11 is 0. The van der Waals surface area contributed by atoms with Gasteiger partial charge in [-0.25, -0.2) is 16.8 Å². The molecule has 2 aromatic rings. The van der Waals surface area contributed by atoms with Crippen LogP contribution in [0.15, 0.2) is 59.5 Å². The minimum Gasteiger partial charge on any atom is -0.325 e. The molecular weight excluding hydrogens is 560 g/mol. The zero-order valence-corrected chi connectivity index (χ0v) is 25.7. The van der Waals surface area contributed by atoms with Crippen molar-refractivity contribution in [1.82, 2.24) is 13.5 Å². The summed E-state index contributed by atoms with van der Waals surface area (Å²) in [6, 6.07) is 15.8. The molecule has 224 valence electrons. The van der Waals surface area contributed by atoms with E-state index in [1.54, 1.807) is 22.5 Å². The average molecular weight is 603 g/mol. The molecule has 0 aromatic heterocycles. The zero-order valence-electron chi connectivity index (χ0n) is 24.1. The number of carbonyl (C=O) groups is 1. The van der Waals surface area contributed by atoms with E-state index in [0.717, 1.165) is 44.1 Å². The van der Waals surface area contributed by atoms with Crippen molar-refractivity contribution in [2.75, 3.05) is 44.6 Å². The highest BCUT2D eigenvalue weighted by Gasteiger charge is 2.53. The Hall–Kier alpha value is -2.31. The van der Waals surface area contributed by atoms with Gasteiger partial charge in [0.15, 0.2) is 0 Å². The number of nitrogens with zero attached hydrogens (tertiary/aromatic N) is 3. The molecule has 9 nitrogen and oxygen atoms in total. The molecule has 0 aliphatic carbocycles. The Morgan fingerprint density at radius 3 is 2.24 bits per heavy atom. The van der Waals surface area contributed by atoms with Gasteiger partial charge < -0.3 is 5.32 Å². The number of carbonyl (C=O) groups excluding carboxylic acids is 1.